The van der Waals surface area contributed by atoms with Crippen LogP contribution in [0.3, 0.4) is 0 Å². The number of hydrogen-bond donors (Lipinski definition) is 1. The Labute approximate surface area is 120 Å². The first-order chi connectivity index (χ1) is 8.87. The molecule has 2 saturated carbocycles. The molecule has 0 heterocycles. The van der Waals surface area contributed by atoms with Crippen molar-refractivity contribution in [2.45, 2.75) is 91.0 Å². The molecule has 0 saturated heterocycles. The van der Waals surface area contributed by atoms with Crippen LogP contribution in [0.25, 0.3) is 0 Å². The van der Waals surface area contributed by atoms with Crippen LogP contribution < -0.4 is 5.73 Å². The lowest BCUT2D eigenvalue weighted by molar-refractivity contribution is 0.0550. The lowest BCUT2D eigenvalue weighted by Crippen LogP contribution is -2.53. The molecule has 0 bridgehead atoms. The van der Waals surface area contributed by atoms with Crippen molar-refractivity contribution in [3.63, 3.8) is 0 Å². The number of rotatable bonds is 2. The fraction of sp³-hybridized carbons (Fsp3) is 1.00. The second-order valence-electron chi connectivity index (χ2n) is 8.43. The maximum Gasteiger partial charge on any atom is 0.0185 e. The van der Waals surface area contributed by atoms with E-state index in [9.17, 15) is 0 Å². The first-order valence-corrected chi connectivity index (χ1v) is 8.65. The van der Waals surface area contributed by atoms with Crippen molar-refractivity contribution in [2.75, 3.05) is 0 Å². The van der Waals surface area contributed by atoms with Gasteiger partial charge in [-0.3, -0.25) is 0 Å². The lowest BCUT2D eigenvalue weighted by atomic mass is 9.59. The predicted molar refractivity (Wildman–Crippen MR) is 84.1 cm³/mol. The van der Waals surface area contributed by atoms with Crippen LogP contribution in [-0.2, 0) is 0 Å². The Morgan fingerprint density at radius 3 is 2.11 bits per heavy atom. The molecule has 0 aromatic rings. The molecule has 2 aliphatic carbocycles. The van der Waals surface area contributed by atoms with Gasteiger partial charge in [0, 0.05) is 5.54 Å². The molecular formula is C18H35N. The molecule has 2 N–H and O–H groups in total. The Balaban J connectivity index is 2.00. The largest absolute Gasteiger partial charge is 0.325 e. The summed E-state index contributed by atoms with van der Waals surface area (Å²) in [6.45, 7) is 9.57. The highest BCUT2D eigenvalue weighted by molar-refractivity contribution is 4.99. The zero-order chi connectivity index (χ0) is 14.1. The van der Waals surface area contributed by atoms with Crippen molar-refractivity contribution in [2.24, 2.45) is 28.9 Å². The quantitative estimate of drug-likeness (QED) is 0.735. The van der Waals surface area contributed by atoms with Crippen LogP contribution in [0, 0.1) is 23.2 Å². The summed E-state index contributed by atoms with van der Waals surface area (Å²) < 4.78 is 0. The maximum atomic E-state index is 6.91. The lowest BCUT2D eigenvalue weighted by Gasteiger charge is -2.49. The summed E-state index contributed by atoms with van der Waals surface area (Å²) in [6, 6.07) is 0. The first kappa shape index (κ1) is 15.4. The molecule has 1 nitrogen and oxygen atoms in total. The number of hydrogen-bond acceptors (Lipinski definition) is 1. The summed E-state index contributed by atoms with van der Waals surface area (Å²) in [4.78, 5) is 0. The zero-order valence-corrected chi connectivity index (χ0v) is 13.7. The van der Waals surface area contributed by atoms with Gasteiger partial charge in [0.05, 0.1) is 0 Å². The molecule has 112 valence electrons. The highest BCUT2D eigenvalue weighted by Gasteiger charge is 2.43. The summed E-state index contributed by atoms with van der Waals surface area (Å²) in [6.07, 6.45) is 12.3. The van der Waals surface area contributed by atoms with E-state index in [2.05, 4.69) is 27.7 Å². The Kier molecular flexibility index (Phi) is 4.65. The molecule has 0 aliphatic heterocycles. The van der Waals surface area contributed by atoms with Crippen LogP contribution in [0.1, 0.15) is 85.5 Å². The fourth-order valence-corrected chi connectivity index (χ4v) is 4.85. The highest BCUT2D eigenvalue weighted by atomic mass is 14.8. The van der Waals surface area contributed by atoms with Gasteiger partial charge in [0.25, 0.3) is 0 Å². The SMILES string of the molecule is CCC1CCCCC1C1(N)CCC(C(C)(C)C)CC1. The second-order valence-corrected chi connectivity index (χ2v) is 8.43. The Morgan fingerprint density at radius 2 is 1.58 bits per heavy atom. The minimum atomic E-state index is 0.169. The van der Waals surface area contributed by atoms with Crippen LogP contribution in [-0.4, -0.2) is 5.54 Å². The van der Waals surface area contributed by atoms with E-state index >= 15 is 0 Å². The molecule has 2 unspecified atom stereocenters. The summed E-state index contributed by atoms with van der Waals surface area (Å²) in [7, 11) is 0. The van der Waals surface area contributed by atoms with E-state index < -0.39 is 0 Å². The average molecular weight is 265 g/mol. The normalized spacial score (nSPS) is 41.2. The van der Waals surface area contributed by atoms with Gasteiger partial charge in [-0.15, -0.1) is 0 Å². The van der Waals surface area contributed by atoms with E-state index in [1.54, 1.807) is 0 Å². The van der Waals surface area contributed by atoms with Crippen molar-refractivity contribution >= 4 is 0 Å². The van der Waals surface area contributed by atoms with Crippen molar-refractivity contribution < 1.29 is 0 Å². The van der Waals surface area contributed by atoms with Gasteiger partial charge < -0.3 is 5.73 Å². The van der Waals surface area contributed by atoms with Gasteiger partial charge in [-0.1, -0.05) is 53.4 Å². The summed E-state index contributed by atoms with van der Waals surface area (Å²) in [5.74, 6) is 2.60. The van der Waals surface area contributed by atoms with Gasteiger partial charge >= 0.3 is 0 Å². The smallest absolute Gasteiger partial charge is 0.0185 e. The van der Waals surface area contributed by atoms with Crippen LogP contribution in [0.15, 0.2) is 0 Å². The van der Waals surface area contributed by atoms with Gasteiger partial charge in [0.2, 0.25) is 0 Å². The fourth-order valence-electron chi connectivity index (χ4n) is 4.85. The molecule has 0 radical (unpaired) electrons. The van der Waals surface area contributed by atoms with E-state index in [0.717, 1.165) is 17.8 Å². The molecule has 0 spiro atoms. The summed E-state index contributed by atoms with van der Waals surface area (Å²) >= 11 is 0. The third-order valence-electron chi connectivity index (χ3n) is 6.31. The topological polar surface area (TPSA) is 26.0 Å². The van der Waals surface area contributed by atoms with Crippen molar-refractivity contribution in [1.82, 2.24) is 0 Å². The standard InChI is InChI=1S/C18H35N/c1-5-14-8-6-7-9-16(14)18(19)12-10-15(11-13-18)17(2,3)4/h14-16H,5-13,19H2,1-4H3. The summed E-state index contributed by atoms with van der Waals surface area (Å²) in [5, 5.41) is 0. The van der Waals surface area contributed by atoms with Gasteiger partial charge in [-0.05, 0) is 55.3 Å². The van der Waals surface area contributed by atoms with E-state index in [0.29, 0.717) is 5.41 Å². The summed E-state index contributed by atoms with van der Waals surface area (Å²) in [5.41, 5.74) is 7.55. The molecule has 0 aromatic heterocycles. The molecule has 2 fully saturated rings. The van der Waals surface area contributed by atoms with Gasteiger partial charge in [-0.25, -0.2) is 0 Å². The van der Waals surface area contributed by atoms with Gasteiger partial charge in [-0.2, -0.15) is 0 Å². The third-order valence-corrected chi connectivity index (χ3v) is 6.31. The van der Waals surface area contributed by atoms with E-state index in [4.69, 9.17) is 5.73 Å². The second kappa shape index (κ2) is 5.76. The predicted octanol–water partition coefficient (Wildman–Crippen LogP) is 5.14. The molecule has 0 amide bonds. The third kappa shape index (κ3) is 3.35. The van der Waals surface area contributed by atoms with E-state index in [-0.39, 0.29) is 5.54 Å². The molecule has 2 aliphatic rings. The minimum Gasteiger partial charge on any atom is -0.325 e. The molecule has 2 atom stereocenters. The van der Waals surface area contributed by atoms with Crippen molar-refractivity contribution in [3.05, 3.63) is 0 Å². The van der Waals surface area contributed by atoms with Crippen molar-refractivity contribution in [1.29, 1.82) is 0 Å². The first-order valence-electron chi connectivity index (χ1n) is 8.65. The van der Waals surface area contributed by atoms with Crippen LogP contribution in [0.2, 0.25) is 0 Å². The van der Waals surface area contributed by atoms with Crippen LogP contribution in [0.4, 0.5) is 0 Å². The molecule has 0 aromatic carbocycles. The van der Waals surface area contributed by atoms with Crippen molar-refractivity contribution in [3.8, 4) is 0 Å². The minimum absolute atomic E-state index is 0.169. The molecule has 2 rings (SSSR count). The monoisotopic (exact) mass is 265 g/mol. The maximum absolute atomic E-state index is 6.91. The Morgan fingerprint density at radius 1 is 1.00 bits per heavy atom. The van der Waals surface area contributed by atoms with Crippen LogP contribution in [0.5, 0.6) is 0 Å². The van der Waals surface area contributed by atoms with E-state index in [1.807, 2.05) is 0 Å². The van der Waals surface area contributed by atoms with Crippen LogP contribution >= 0.6 is 0 Å². The zero-order valence-electron chi connectivity index (χ0n) is 13.7. The molecule has 19 heavy (non-hydrogen) atoms. The van der Waals surface area contributed by atoms with Gasteiger partial charge in [0.1, 0.15) is 0 Å². The number of nitrogens with two attached hydrogens (primary N) is 1. The Bertz CT molecular complexity index is 281. The van der Waals surface area contributed by atoms with Gasteiger partial charge in [0.15, 0.2) is 0 Å². The molecular weight excluding hydrogens is 230 g/mol. The van der Waals surface area contributed by atoms with E-state index in [1.165, 1.54) is 57.8 Å². The average Bonchev–Trinajstić information content (AvgIpc) is 2.38. The molecule has 1 heteroatoms. The Hall–Kier alpha value is -0.0400. The highest BCUT2D eigenvalue weighted by Crippen LogP contribution is 2.48.